The molecule has 0 radical (unpaired) electrons. The van der Waals surface area contributed by atoms with Gasteiger partial charge in [0, 0.05) is 18.8 Å². The van der Waals surface area contributed by atoms with Gasteiger partial charge in [-0.15, -0.1) is 0 Å². The summed E-state index contributed by atoms with van der Waals surface area (Å²) in [6, 6.07) is 9.80. The summed E-state index contributed by atoms with van der Waals surface area (Å²) < 4.78 is 59.3. The van der Waals surface area contributed by atoms with Gasteiger partial charge in [-0.05, 0) is 55.3 Å². The van der Waals surface area contributed by atoms with Crippen molar-refractivity contribution in [1.82, 2.24) is 4.31 Å². The second kappa shape index (κ2) is 8.28. The first-order valence-corrected chi connectivity index (χ1v) is 12.0. The van der Waals surface area contributed by atoms with Gasteiger partial charge in [0.15, 0.2) is 0 Å². The molecule has 3 rings (SSSR count). The predicted molar refractivity (Wildman–Crippen MR) is 108 cm³/mol. The SMILES string of the molecule is COc1ccc(S(=O)(=O)Nc2ccc(S(=O)(=O)N3CCCCC3)cc2)cc1Cl. The molecule has 0 aromatic heterocycles. The third-order valence-corrected chi connectivity index (χ3v) is 8.08. The first kappa shape index (κ1) is 20.9. The highest BCUT2D eigenvalue weighted by Crippen LogP contribution is 2.28. The van der Waals surface area contributed by atoms with E-state index in [1.54, 1.807) is 0 Å². The van der Waals surface area contributed by atoms with Crippen LogP contribution in [-0.4, -0.2) is 41.3 Å². The van der Waals surface area contributed by atoms with Crippen LogP contribution in [0.25, 0.3) is 0 Å². The summed E-state index contributed by atoms with van der Waals surface area (Å²) in [5, 5.41) is 0.174. The molecule has 1 fully saturated rings. The van der Waals surface area contributed by atoms with Gasteiger partial charge in [-0.1, -0.05) is 18.0 Å². The number of methoxy groups -OCH3 is 1. The number of halogens is 1. The summed E-state index contributed by atoms with van der Waals surface area (Å²) in [5.41, 5.74) is 0.254. The fourth-order valence-corrected chi connectivity index (χ4v) is 5.90. The highest BCUT2D eigenvalue weighted by molar-refractivity contribution is 7.92. The Balaban J connectivity index is 1.79. The average Bonchev–Trinajstić information content (AvgIpc) is 2.68. The lowest BCUT2D eigenvalue weighted by molar-refractivity contribution is 0.346. The van der Waals surface area contributed by atoms with Gasteiger partial charge in [-0.25, -0.2) is 16.8 Å². The zero-order chi connectivity index (χ0) is 20.4. The van der Waals surface area contributed by atoms with Gasteiger partial charge >= 0.3 is 0 Å². The van der Waals surface area contributed by atoms with Gasteiger partial charge in [-0.3, -0.25) is 4.72 Å². The van der Waals surface area contributed by atoms with E-state index in [1.165, 1.54) is 53.9 Å². The van der Waals surface area contributed by atoms with E-state index < -0.39 is 20.0 Å². The molecule has 0 amide bonds. The van der Waals surface area contributed by atoms with Crippen molar-refractivity contribution < 1.29 is 21.6 Å². The van der Waals surface area contributed by atoms with Crippen LogP contribution < -0.4 is 9.46 Å². The number of nitrogens with zero attached hydrogens (tertiary/aromatic N) is 1. The average molecular weight is 445 g/mol. The lowest BCUT2D eigenvalue weighted by Crippen LogP contribution is -2.35. The van der Waals surface area contributed by atoms with E-state index in [1.807, 2.05) is 0 Å². The number of hydrogen-bond acceptors (Lipinski definition) is 5. The Bertz CT molecular complexity index is 1050. The van der Waals surface area contributed by atoms with Crippen molar-refractivity contribution in [3.63, 3.8) is 0 Å². The van der Waals surface area contributed by atoms with E-state index in [2.05, 4.69) is 4.72 Å². The third-order valence-electron chi connectivity index (χ3n) is 4.49. The number of anilines is 1. The van der Waals surface area contributed by atoms with Crippen molar-refractivity contribution in [1.29, 1.82) is 0 Å². The van der Waals surface area contributed by atoms with Crippen LogP contribution in [0.5, 0.6) is 5.75 Å². The molecule has 2 aromatic rings. The van der Waals surface area contributed by atoms with E-state index in [4.69, 9.17) is 16.3 Å². The molecule has 28 heavy (non-hydrogen) atoms. The van der Waals surface area contributed by atoms with E-state index in [-0.39, 0.29) is 20.5 Å². The number of sulfonamides is 2. The van der Waals surface area contributed by atoms with Crippen LogP contribution in [0.1, 0.15) is 19.3 Å². The van der Waals surface area contributed by atoms with Crippen LogP contribution >= 0.6 is 11.6 Å². The largest absolute Gasteiger partial charge is 0.495 e. The van der Waals surface area contributed by atoms with Crippen LogP contribution in [0, 0.1) is 0 Å². The molecule has 7 nitrogen and oxygen atoms in total. The Kier molecular flexibility index (Phi) is 6.18. The monoisotopic (exact) mass is 444 g/mol. The maximum Gasteiger partial charge on any atom is 0.261 e. The van der Waals surface area contributed by atoms with Crippen LogP contribution in [0.15, 0.2) is 52.3 Å². The van der Waals surface area contributed by atoms with Crippen molar-refractivity contribution in [2.45, 2.75) is 29.1 Å². The van der Waals surface area contributed by atoms with Gasteiger partial charge in [0.25, 0.3) is 10.0 Å². The summed E-state index contributed by atoms with van der Waals surface area (Å²) >= 11 is 5.99. The van der Waals surface area contributed by atoms with Crippen molar-refractivity contribution in [3.05, 3.63) is 47.5 Å². The highest BCUT2D eigenvalue weighted by atomic mass is 35.5. The Morgan fingerprint density at radius 1 is 0.929 bits per heavy atom. The lowest BCUT2D eigenvalue weighted by Gasteiger charge is -2.25. The van der Waals surface area contributed by atoms with Crippen molar-refractivity contribution in [2.75, 3.05) is 24.9 Å². The summed E-state index contributed by atoms with van der Waals surface area (Å²) in [5.74, 6) is 0.368. The molecular formula is C18H21ClN2O5S2. The van der Waals surface area contributed by atoms with E-state index >= 15 is 0 Å². The zero-order valence-corrected chi connectivity index (χ0v) is 17.6. The van der Waals surface area contributed by atoms with Gasteiger partial charge in [-0.2, -0.15) is 4.31 Å². The smallest absolute Gasteiger partial charge is 0.261 e. The van der Waals surface area contributed by atoms with Crippen LogP contribution in [0.3, 0.4) is 0 Å². The standard InChI is InChI=1S/C18H21ClN2O5S2/c1-26-18-10-9-16(13-17(18)19)27(22,23)20-14-5-7-15(8-6-14)28(24,25)21-11-3-2-4-12-21/h5-10,13,20H,2-4,11-12H2,1H3. The molecule has 152 valence electrons. The van der Waals surface area contributed by atoms with E-state index in [9.17, 15) is 16.8 Å². The fourth-order valence-electron chi connectivity index (χ4n) is 2.98. The zero-order valence-electron chi connectivity index (χ0n) is 15.3. The summed E-state index contributed by atoms with van der Waals surface area (Å²) in [6.45, 7) is 1.02. The van der Waals surface area contributed by atoms with Crippen LogP contribution in [0.2, 0.25) is 5.02 Å². The molecule has 0 atom stereocenters. The number of hydrogen-bond donors (Lipinski definition) is 1. The minimum absolute atomic E-state index is 0.0247. The molecular weight excluding hydrogens is 424 g/mol. The molecule has 1 N–H and O–H groups in total. The van der Waals surface area contributed by atoms with Crippen molar-refractivity contribution in [3.8, 4) is 5.75 Å². The van der Waals surface area contributed by atoms with Gasteiger partial charge in [0.2, 0.25) is 10.0 Å². The maximum atomic E-state index is 12.7. The first-order valence-electron chi connectivity index (χ1n) is 8.70. The van der Waals surface area contributed by atoms with Crippen molar-refractivity contribution >= 4 is 37.3 Å². The molecule has 0 aliphatic carbocycles. The van der Waals surface area contributed by atoms with Gasteiger partial charge in [0.05, 0.1) is 21.9 Å². The molecule has 10 heteroatoms. The Morgan fingerprint density at radius 3 is 2.11 bits per heavy atom. The molecule has 1 aliphatic rings. The number of piperidine rings is 1. The molecule has 1 heterocycles. The molecule has 0 bridgehead atoms. The van der Waals surface area contributed by atoms with Crippen LogP contribution in [-0.2, 0) is 20.0 Å². The Labute approximate surface area is 170 Å². The number of nitrogens with one attached hydrogen (secondary N) is 1. The number of ether oxygens (including phenoxy) is 1. The minimum atomic E-state index is -3.88. The summed E-state index contributed by atoms with van der Waals surface area (Å²) in [7, 11) is -6.01. The maximum absolute atomic E-state index is 12.7. The minimum Gasteiger partial charge on any atom is -0.495 e. The third kappa shape index (κ3) is 4.43. The first-order chi connectivity index (χ1) is 13.2. The van der Waals surface area contributed by atoms with E-state index in [0.717, 1.165) is 19.3 Å². The van der Waals surface area contributed by atoms with Gasteiger partial charge < -0.3 is 4.74 Å². The molecule has 2 aromatic carbocycles. The molecule has 0 saturated carbocycles. The molecule has 1 saturated heterocycles. The second-order valence-corrected chi connectivity index (χ2v) is 10.4. The molecule has 0 unspecified atom stereocenters. The topological polar surface area (TPSA) is 92.8 Å². The normalized spacial score (nSPS) is 15.9. The Morgan fingerprint density at radius 2 is 1.54 bits per heavy atom. The summed E-state index contributed by atoms with van der Waals surface area (Å²) in [6.07, 6.45) is 2.73. The number of rotatable bonds is 6. The lowest BCUT2D eigenvalue weighted by atomic mass is 10.2. The van der Waals surface area contributed by atoms with Crippen molar-refractivity contribution in [2.24, 2.45) is 0 Å². The quantitative estimate of drug-likeness (QED) is 0.737. The predicted octanol–water partition coefficient (Wildman–Crippen LogP) is 3.32. The van der Waals surface area contributed by atoms with Crippen LogP contribution in [0.4, 0.5) is 5.69 Å². The highest BCUT2D eigenvalue weighted by Gasteiger charge is 2.26. The summed E-state index contributed by atoms with van der Waals surface area (Å²) in [4.78, 5) is 0.119. The fraction of sp³-hybridized carbons (Fsp3) is 0.333. The molecule has 0 spiro atoms. The van der Waals surface area contributed by atoms with E-state index in [0.29, 0.717) is 18.8 Å². The van der Waals surface area contributed by atoms with Gasteiger partial charge in [0.1, 0.15) is 5.75 Å². The Hall–Kier alpha value is -1.81. The molecule has 1 aliphatic heterocycles. The second-order valence-electron chi connectivity index (χ2n) is 6.39. The number of benzene rings is 2.